The van der Waals surface area contributed by atoms with Crippen LogP contribution in [0.15, 0.2) is 12.2 Å². The lowest BCUT2D eigenvalue weighted by Crippen LogP contribution is -2.51. The van der Waals surface area contributed by atoms with E-state index in [1.165, 1.54) is 0 Å². The van der Waals surface area contributed by atoms with Crippen LogP contribution in [0.1, 0.15) is 27.7 Å². The summed E-state index contributed by atoms with van der Waals surface area (Å²) < 4.78 is 0. The zero-order valence-corrected chi connectivity index (χ0v) is 10.0. The molecule has 1 aliphatic carbocycles. The van der Waals surface area contributed by atoms with Crippen LogP contribution in [-0.4, -0.2) is 22.2 Å². The molecular formula is C12H18O4. The van der Waals surface area contributed by atoms with Crippen molar-refractivity contribution in [3.05, 3.63) is 12.2 Å². The Morgan fingerprint density at radius 2 is 1.62 bits per heavy atom. The van der Waals surface area contributed by atoms with Gasteiger partial charge in [0.05, 0.1) is 10.8 Å². The third kappa shape index (κ3) is 1.44. The van der Waals surface area contributed by atoms with Crippen LogP contribution in [-0.2, 0) is 9.59 Å². The van der Waals surface area contributed by atoms with Crippen molar-refractivity contribution in [2.75, 3.05) is 0 Å². The van der Waals surface area contributed by atoms with E-state index in [2.05, 4.69) is 0 Å². The molecule has 0 spiro atoms. The summed E-state index contributed by atoms with van der Waals surface area (Å²) in [5, 5.41) is 18.5. The molecular weight excluding hydrogens is 208 g/mol. The normalized spacial score (nSPS) is 43.0. The van der Waals surface area contributed by atoms with E-state index in [0.717, 1.165) is 0 Å². The molecule has 4 nitrogen and oxygen atoms in total. The minimum Gasteiger partial charge on any atom is -0.481 e. The minimum absolute atomic E-state index is 0.174. The average molecular weight is 226 g/mol. The lowest BCUT2D eigenvalue weighted by molar-refractivity contribution is -0.164. The summed E-state index contributed by atoms with van der Waals surface area (Å²) in [4.78, 5) is 22.6. The second-order valence-electron chi connectivity index (χ2n) is 5.05. The molecule has 0 amide bonds. The lowest BCUT2D eigenvalue weighted by Gasteiger charge is -2.46. The Labute approximate surface area is 95.0 Å². The van der Waals surface area contributed by atoms with Gasteiger partial charge in [0, 0.05) is 0 Å². The molecule has 0 saturated carbocycles. The molecule has 0 aromatic heterocycles. The maximum Gasteiger partial charge on any atom is 0.313 e. The summed E-state index contributed by atoms with van der Waals surface area (Å²) in [6, 6.07) is 0. The monoisotopic (exact) mass is 226 g/mol. The molecule has 0 saturated heterocycles. The van der Waals surface area contributed by atoms with Gasteiger partial charge in [-0.25, -0.2) is 0 Å². The summed E-state index contributed by atoms with van der Waals surface area (Å²) in [6.45, 7) is 6.70. The van der Waals surface area contributed by atoms with Crippen molar-refractivity contribution >= 4 is 11.9 Å². The highest BCUT2D eigenvalue weighted by molar-refractivity contribution is 5.82. The van der Waals surface area contributed by atoms with Crippen LogP contribution in [0.4, 0.5) is 0 Å². The van der Waals surface area contributed by atoms with Crippen LogP contribution in [0.2, 0.25) is 0 Å². The van der Waals surface area contributed by atoms with E-state index < -0.39 is 28.7 Å². The van der Waals surface area contributed by atoms with Crippen LogP contribution >= 0.6 is 0 Å². The lowest BCUT2D eigenvalue weighted by atomic mass is 9.56. The Kier molecular flexibility index (Phi) is 2.88. The number of carbonyl (C=O) groups is 2. The van der Waals surface area contributed by atoms with Gasteiger partial charge in [-0.05, 0) is 25.7 Å². The molecule has 4 heteroatoms. The van der Waals surface area contributed by atoms with Crippen LogP contribution in [0.3, 0.4) is 0 Å². The number of rotatable bonds is 2. The van der Waals surface area contributed by atoms with Crippen molar-refractivity contribution in [2.45, 2.75) is 27.7 Å². The van der Waals surface area contributed by atoms with E-state index in [4.69, 9.17) is 0 Å². The van der Waals surface area contributed by atoms with Gasteiger partial charge in [-0.15, -0.1) is 0 Å². The zero-order valence-electron chi connectivity index (χ0n) is 10.0. The molecule has 0 aromatic carbocycles. The van der Waals surface area contributed by atoms with Gasteiger partial charge in [-0.2, -0.15) is 0 Å². The Morgan fingerprint density at radius 1 is 1.12 bits per heavy atom. The van der Waals surface area contributed by atoms with Crippen LogP contribution in [0.25, 0.3) is 0 Å². The van der Waals surface area contributed by atoms with E-state index >= 15 is 0 Å². The van der Waals surface area contributed by atoms with Crippen molar-refractivity contribution in [2.24, 2.45) is 22.7 Å². The molecule has 4 unspecified atom stereocenters. The van der Waals surface area contributed by atoms with Gasteiger partial charge in [0.15, 0.2) is 0 Å². The van der Waals surface area contributed by atoms with Gasteiger partial charge in [-0.3, -0.25) is 9.59 Å². The van der Waals surface area contributed by atoms with Crippen molar-refractivity contribution in [1.82, 2.24) is 0 Å². The number of carboxylic acid groups (broad SMARTS) is 2. The predicted molar refractivity (Wildman–Crippen MR) is 59.0 cm³/mol. The fraction of sp³-hybridized carbons (Fsp3) is 0.667. The maximum atomic E-state index is 11.4. The van der Waals surface area contributed by atoms with Gasteiger partial charge >= 0.3 is 11.9 Å². The second kappa shape index (κ2) is 3.61. The molecule has 0 radical (unpaired) electrons. The van der Waals surface area contributed by atoms with Gasteiger partial charge in [-0.1, -0.05) is 26.0 Å². The molecule has 0 heterocycles. The molecule has 0 fully saturated rings. The summed E-state index contributed by atoms with van der Waals surface area (Å²) in [7, 11) is 0. The highest BCUT2D eigenvalue weighted by atomic mass is 16.4. The van der Waals surface area contributed by atoms with Gasteiger partial charge < -0.3 is 10.2 Å². The smallest absolute Gasteiger partial charge is 0.313 e. The minimum atomic E-state index is -1.11. The van der Waals surface area contributed by atoms with E-state index in [1.54, 1.807) is 32.9 Å². The first kappa shape index (κ1) is 12.7. The number of hydrogen-bond acceptors (Lipinski definition) is 2. The first-order valence-corrected chi connectivity index (χ1v) is 5.33. The largest absolute Gasteiger partial charge is 0.481 e. The first-order chi connectivity index (χ1) is 7.17. The standard InChI is InChI=1S/C12H18O4/c1-7-5-6-11(3,9(13)14)8(2)12(7,4)10(15)16/h5-8H,1-4H3,(H,13,14)(H,15,16). The van der Waals surface area contributed by atoms with E-state index in [0.29, 0.717) is 0 Å². The fourth-order valence-corrected chi connectivity index (χ4v) is 2.34. The third-order valence-corrected chi connectivity index (χ3v) is 4.40. The average Bonchev–Trinajstić information content (AvgIpc) is 2.20. The van der Waals surface area contributed by atoms with E-state index in [-0.39, 0.29) is 5.92 Å². The Balaban J connectivity index is 3.32. The first-order valence-electron chi connectivity index (χ1n) is 5.33. The molecule has 1 rings (SSSR count). The fourth-order valence-electron chi connectivity index (χ4n) is 2.34. The molecule has 0 bridgehead atoms. The summed E-state index contributed by atoms with van der Waals surface area (Å²) in [5.41, 5.74) is -2.15. The van der Waals surface area contributed by atoms with Crippen molar-refractivity contribution < 1.29 is 19.8 Å². The predicted octanol–water partition coefficient (Wildman–Crippen LogP) is 2.01. The highest BCUT2D eigenvalue weighted by Gasteiger charge is 2.55. The molecule has 0 aromatic rings. The van der Waals surface area contributed by atoms with Crippen molar-refractivity contribution in [1.29, 1.82) is 0 Å². The Morgan fingerprint density at radius 3 is 2.00 bits per heavy atom. The van der Waals surface area contributed by atoms with Crippen LogP contribution in [0, 0.1) is 22.7 Å². The molecule has 1 aliphatic rings. The molecule has 2 N–H and O–H groups in total. The Bertz CT molecular complexity index is 360. The van der Waals surface area contributed by atoms with Crippen LogP contribution in [0.5, 0.6) is 0 Å². The topological polar surface area (TPSA) is 74.6 Å². The van der Waals surface area contributed by atoms with Gasteiger partial charge in [0.1, 0.15) is 0 Å². The van der Waals surface area contributed by atoms with Gasteiger partial charge in [0.2, 0.25) is 0 Å². The number of carboxylic acids is 2. The quantitative estimate of drug-likeness (QED) is 0.706. The molecule has 4 atom stereocenters. The van der Waals surface area contributed by atoms with Crippen LogP contribution < -0.4 is 0 Å². The van der Waals surface area contributed by atoms with E-state index in [9.17, 15) is 19.8 Å². The molecule has 90 valence electrons. The number of hydrogen-bond donors (Lipinski definition) is 2. The van der Waals surface area contributed by atoms with Crippen molar-refractivity contribution in [3.63, 3.8) is 0 Å². The summed E-state index contributed by atoms with van der Waals surface area (Å²) >= 11 is 0. The third-order valence-electron chi connectivity index (χ3n) is 4.40. The maximum absolute atomic E-state index is 11.4. The number of aliphatic carboxylic acids is 2. The van der Waals surface area contributed by atoms with E-state index in [1.807, 2.05) is 6.92 Å². The Hall–Kier alpha value is -1.32. The zero-order chi connectivity index (χ0) is 12.7. The SMILES string of the molecule is CC1C=CC(C)(C(=O)O)C(C)C1(C)C(=O)O. The molecule has 0 aliphatic heterocycles. The summed E-state index contributed by atoms with van der Waals surface area (Å²) in [6.07, 6.45) is 3.32. The van der Waals surface area contributed by atoms with Crippen molar-refractivity contribution in [3.8, 4) is 0 Å². The molecule has 16 heavy (non-hydrogen) atoms. The second-order valence-corrected chi connectivity index (χ2v) is 5.05. The summed E-state index contributed by atoms with van der Waals surface area (Å²) in [5.74, 6) is -2.55. The highest BCUT2D eigenvalue weighted by Crippen LogP contribution is 2.50. The number of allylic oxidation sites excluding steroid dienone is 1. The van der Waals surface area contributed by atoms with Gasteiger partial charge in [0.25, 0.3) is 0 Å².